The molecule has 2 aromatic carbocycles. The molecule has 0 radical (unpaired) electrons. The molecule has 1 aliphatic heterocycles. The molecular formula is C20H25IN4O3. The lowest BCUT2D eigenvalue weighted by Gasteiger charge is -2.27. The molecule has 8 heteroatoms. The Morgan fingerprint density at radius 1 is 1.07 bits per heavy atom. The number of amides is 1. The molecule has 1 heterocycles. The highest BCUT2D eigenvalue weighted by atomic mass is 127. The topological polar surface area (TPSA) is 84.0 Å². The number of nitrogens with zero attached hydrogens (tertiary/aromatic N) is 1. The van der Waals surface area contributed by atoms with Crippen LogP contribution >= 0.6 is 24.0 Å². The Morgan fingerprint density at radius 2 is 1.79 bits per heavy atom. The summed E-state index contributed by atoms with van der Waals surface area (Å²) in [4.78, 5) is 16.4. The van der Waals surface area contributed by atoms with Crippen molar-refractivity contribution in [3.63, 3.8) is 0 Å². The summed E-state index contributed by atoms with van der Waals surface area (Å²) in [6, 6.07) is 16.9. The van der Waals surface area contributed by atoms with E-state index < -0.39 is 0 Å². The molecule has 0 bridgehead atoms. The van der Waals surface area contributed by atoms with Crippen molar-refractivity contribution in [2.24, 2.45) is 4.99 Å². The zero-order valence-electron chi connectivity index (χ0n) is 15.7. The standard InChI is InChI=1S/C20H24N4O3.HI/c1-2-21-20(23-13-19(25)24-15-8-4-3-5-9-15)22-12-16-14-26-17-10-6-7-11-18(17)27-16;/h3-11,16H,2,12-14H2,1H3,(H,24,25)(H2,21,22,23);1H. The van der Waals surface area contributed by atoms with Gasteiger partial charge < -0.3 is 25.4 Å². The Hall–Kier alpha value is -2.49. The molecule has 3 N–H and O–H groups in total. The lowest BCUT2D eigenvalue weighted by atomic mass is 10.2. The van der Waals surface area contributed by atoms with Gasteiger partial charge in [-0.15, -0.1) is 24.0 Å². The number of carbonyl (C=O) groups is 1. The van der Waals surface area contributed by atoms with E-state index in [1.165, 1.54) is 0 Å². The van der Waals surface area contributed by atoms with Gasteiger partial charge in [0, 0.05) is 12.2 Å². The average molecular weight is 496 g/mol. The zero-order valence-corrected chi connectivity index (χ0v) is 18.0. The molecular weight excluding hydrogens is 471 g/mol. The van der Waals surface area contributed by atoms with Crippen LogP contribution in [0.15, 0.2) is 59.6 Å². The fourth-order valence-electron chi connectivity index (χ4n) is 2.59. The second kappa shape index (κ2) is 11.4. The van der Waals surface area contributed by atoms with Crippen LogP contribution in [0.1, 0.15) is 6.92 Å². The van der Waals surface area contributed by atoms with Crippen molar-refractivity contribution >= 4 is 41.5 Å². The smallest absolute Gasteiger partial charge is 0.246 e. The predicted octanol–water partition coefficient (Wildman–Crippen LogP) is 2.64. The van der Waals surface area contributed by atoms with Crippen molar-refractivity contribution in [1.29, 1.82) is 0 Å². The first kappa shape index (κ1) is 21.8. The van der Waals surface area contributed by atoms with Gasteiger partial charge in [0.05, 0.1) is 6.54 Å². The van der Waals surface area contributed by atoms with Crippen molar-refractivity contribution in [2.45, 2.75) is 13.0 Å². The molecule has 7 nitrogen and oxygen atoms in total. The summed E-state index contributed by atoms with van der Waals surface area (Å²) in [5, 5.41) is 9.13. The molecule has 150 valence electrons. The summed E-state index contributed by atoms with van der Waals surface area (Å²) >= 11 is 0. The lowest BCUT2D eigenvalue weighted by molar-refractivity contribution is -0.114. The molecule has 0 aromatic heterocycles. The number of fused-ring (bicyclic) bond motifs is 1. The number of para-hydroxylation sites is 3. The summed E-state index contributed by atoms with van der Waals surface area (Å²) in [6.07, 6.45) is -0.137. The number of aliphatic imine (C=N–C) groups is 1. The van der Waals surface area contributed by atoms with Gasteiger partial charge >= 0.3 is 0 Å². The van der Waals surface area contributed by atoms with Crippen LogP contribution in [0.4, 0.5) is 5.69 Å². The van der Waals surface area contributed by atoms with Gasteiger partial charge in [0.2, 0.25) is 5.91 Å². The van der Waals surface area contributed by atoms with E-state index in [1.807, 2.05) is 61.5 Å². The van der Waals surface area contributed by atoms with Crippen molar-refractivity contribution in [1.82, 2.24) is 10.6 Å². The number of carbonyl (C=O) groups excluding carboxylic acids is 1. The van der Waals surface area contributed by atoms with Crippen LogP contribution < -0.4 is 25.4 Å². The van der Waals surface area contributed by atoms with Gasteiger partial charge in [-0.1, -0.05) is 30.3 Å². The third kappa shape index (κ3) is 6.59. The maximum Gasteiger partial charge on any atom is 0.246 e. The lowest BCUT2D eigenvalue weighted by Crippen LogP contribution is -2.45. The molecule has 0 saturated heterocycles. The van der Waals surface area contributed by atoms with Crippen LogP contribution in [0.3, 0.4) is 0 Å². The van der Waals surface area contributed by atoms with E-state index in [0.717, 1.165) is 17.2 Å². The third-order valence-electron chi connectivity index (χ3n) is 3.85. The summed E-state index contributed by atoms with van der Waals surface area (Å²) in [6.45, 7) is 3.65. The average Bonchev–Trinajstić information content (AvgIpc) is 2.70. The summed E-state index contributed by atoms with van der Waals surface area (Å²) in [5.41, 5.74) is 0.752. The third-order valence-corrected chi connectivity index (χ3v) is 3.85. The van der Waals surface area contributed by atoms with Crippen molar-refractivity contribution in [2.75, 3.05) is 31.6 Å². The van der Waals surface area contributed by atoms with E-state index in [-0.39, 0.29) is 42.5 Å². The van der Waals surface area contributed by atoms with Gasteiger partial charge in [-0.3, -0.25) is 4.79 Å². The van der Waals surface area contributed by atoms with Crippen LogP contribution in [-0.4, -0.2) is 44.2 Å². The van der Waals surface area contributed by atoms with Crippen molar-refractivity contribution in [3.8, 4) is 11.5 Å². The van der Waals surface area contributed by atoms with Crippen LogP contribution in [0, 0.1) is 0 Å². The molecule has 0 aliphatic carbocycles. The largest absolute Gasteiger partial charge is 0.486 e. The summed E-state index contributed by atoms with van der Waals surface area (Å²) < 4.78 is 11.6. The van der Waals surface area contributed by atoms with E-state index in [9.17, 15) is 4.79 Å². The number of anilines is 1. The van der Waals surface area contributed by atoms with Gasteiger partial charge in [0.15, 0.2) is 17.5 Å². The number of halogens is 1. The van der Waals surface area contributed by atoms with Crippen molar-refractivity contribution < 1.29 is 14.3 Å². The highest BCUT2D eigenvalue weighted by molar-refractivity contribution is 14.0. The first-order valence-corrected chi connectivity index (χ1v) is 9.00. The first-order valence-electron chi connectivity index (χ1n) is 9.00. The van der Waals surface area contributed by atoms with Crippen LogP contribution in [0.25, 0.3) is 0 Å². The van der Waals surface area contributed by atoms with E-state index in [1.54, 1.807) is 0 Å². The number of hydrogen-bond donors (Lipinski definition) is 3. The van der Waals surface area contributed by atoms with Crippen LogP contribution in [0.2, 0.25) is 0 Å². The zero-order chi connectivity index (χ0) is 18.9. The minimum absolute atomic E-state index is 0. The first-order chi connectivity index (χ1) is 13.2. The van der Waals surface area contributed by atoms with E-state index in [4.69, 9.17) is 9.47 Å². The number of nitrogens with one attached hydrogen (secondary N) is 3. The van der Waals surface area contributed by atoms with E-state index in [2.05, 4.69) is 20.9 Å². The normalized spacial score (nSPS) is 15.2. The number of guanidine groups is 1. The van der Waals surface area contributed by atoms with Gasteiger partial charge in [0.25, 0.3) is 0 Å². The Labute approximate surface area is 181 Å². The summed E-state index contributed by atoms with van der Waals surface area (Å²) in [7, 11) is 0. The summed E-state index contributed by atoms with van der Waals surface area (Å²) in [5.74, 6) is 1.87. The second-order valence-corrected chi connectivity index (χ2v) is 5.99. The van der Waals surface area contributed by atoms with Crippen LogP contribution in [0.5, 0.6) is 11.5 Å². The van der Waals surface area contributed by atoms with Gasteiger partial charge in [-0.2, -0.15) is 0 Å². The quantitative estimate of drug-likeness (QED) is 0.326. The van der Waals surface area contributed by atoms with Gasteiger partial charge in [0.1, 0.15) is 19.3 Å². The minimum atomic E-state index is -0.176. The molecule has 1 unspecified atom stereocenters. The number of benzene rings is 2. The van der Waals surface area contributed by atoms with Gasteiger partial charge in [-0.05, 0) is 31.2 Å². The number of hydrogen-bond acceptors (Lipinski definition) is 4. The monoisotopic (exact) mass is 496 g/mol. The molecule has 28 heavy (non-hydrogen) atoms. The number of rotatable bonds is 6. The fraction of sp³-hybridized carbons (Fsp3) is 0.300. The molecule has 0 fully saturated rings. The fourth-order valence-corrected chi connectivity index (χ4v) is 2.59. The Balaban J connectivity index is 0.00000280. The molecule has 1 amide bonds. The maximum absolute atomic E-state index is 12.0. The van der Waals surface area contributed by atoms with E-state index in [0.29, 0.717) is 25.7 Å². The molecule has 0 spiro atoms. The Kier molecular flexibility index (Phi) is 8.86. The SMILES string of the molecule is CCNC(=NCC(=O)Nc1ccccc1)NCC1COc2ccccc2O1.I. The van der Waals surface area contributed by atoms with Crippen LogP contribution in [-0.2, 0) is 4.79 Å². The molecule has 1 atom stereocenters. The highest BCUT2D eigenvalue weighted by Gasteiger charge is 2.20. The maximum atomic E-state index is 12.0. The molecule has 1 aliphatic rings. The van der Waals surface area contributed by atoms with E-state index >= 15 is 0 Å². The van der Waals surface area contributed by atoms with Gasteiger partial charge in [-0.25, -0.2) is 4.99 Å². The highest BCUT2D eigenvalue weighted by Crippen LogP contribution is 2.30. The second-order valence-electron chi connectivity index (χ2n) is 5.99. The molecule has 3 rings (SSSR count). The molecule has 2 aromatic rings. The predicted molar refractivity (Wildman–Crippen MR) is 121 cm³/mol. The Morgan fingerprint density at radius 3 is 2.54 bits per heavy atom. The molecule has 0 saturated carbocycles. The number of ether oxygens (including phenoxy) is 2. The minimum Gasteiger partial charge on any atom is -0.486 e. The Bertz CT molecular complexity index is 786. The van der Waals surface area contributed by atoms with Crippen molar-refractivity contribution in [3.05, 3.63) is 54.6 Å².